The van der Waals surface area contributed by atoms with Gasteiger partial charge in [-0.05, 0) is 57.4 Å². The van der Waals surface area contributed by atoms with Crippen LogP contribution >= 0.6 is 0 Å². The fourth-order valence-electron chi connectivity index (χ4n) is 5.19. The highest BCUT2D eigenvalue weighted by Gasteiger charge is 2.25. The van der Waals surface area contributed by atoms with E-state index in [1.807, 2.05) is 38.4 Å². The Bertz CT molecular complexity index is 1490. The number of amides is 1. The van der Waals surface area contributed by atoms with Gasteiger partial charge in [-0.3, -0.25) is 9.48 Å². The summed E-state index contributed by atoms with van der Waals surface area (Å²) in [6, 6.07) is 8.46. The third-order valence-electron chi connectivity index (χ3n) is 7.43. The number of rotatable bonds is 4. The van der Waals surface area contributed by atoms with Crippen LogP contribution in [0.5, 0.6) is 5.75 Å². The number of aromatic nitrogens is 4. The molecule has 1 aliphatic carbocycles. The molecule has 9 nitrogen and oxygen atoms in total. The number of hydrogen-bond acceptors (Lipinski definition) is 7. The van der Waals surface area contributed by atoms with Crippen molar-refractivity contribution < 1.29 is 9.90 Å². The van der Waals surface area contributed by atoms with Gasteiger partial charge in [0.05, 0.1) is 16.6 Å². The molecule has 4 aromatic rings. The lowest BCUT2D eigenvalue weighted by Crippen LogP contribution is -2.49. The van der Waals surface area contributed by atoms with E-state index in [0.29, 0.717) is 34.2 Å². The number of carbonyl (C=O) groups excluding carboxylic acids is 1. The molecule has 2 aliphatic rings. The van der Waals surface area contributed by atoms with Crippen molar-refractivity contribution in [1.29, 1.82) is 0 Å². The first kappa shape index (κ1) is 22.7. The number of aromatic hydroxyl groups is 1. The Hall–Kier alpha value is -3.72. The Morgan fingerprint density at radius 2 is 2.06 bits per heavy atom. The van der Waals surface area contributed by atoms with Crippen molar-refractivity contribution >= 4 is 33.4 Å². The van der Waals surface area contributed by atoms with Crippen molar-refractivity contribution in [3.05, 3.63) is 41.7 Å². The van der Waals surface area contributed by atoms with E-state index >= 15 is 0 Å². The number of anilines is 1. The maximum atomic E-state index is 13.5. The van der Waals surface area contributed by atoms with Crippen molar-refractivity contribution in [2.45, 2.75) is 45.2 Å². The minimum absolute atomic E-state index is 0.0809. The highest BCUT2D eigenvalue weighted by atomic mass is 16.3. The molecule has 1 saturated heterocycles. The molecule has 3 N–H and O–H groups in total. The average molecular weight is 486 g/mol. The van der Waals surface area contributed by atoms with Gasteiger partial charge in [0.2, 0.25) is 0 Å². The van der Waals surface area contributed by atoms with E-state index in [4.69, 9.17) is 9.97 Å². The molecule has 0 spiro atoms. The van der Waals surface area contributed by atoms with Crippen molar-refractivity contribution in [2.24, 2.45) is 7.05 Å². The minimum atomic E-state index is -0.196. The zero-order valence-corrected chi connectivity index (χ0v) is 20.9. The van der Waals surface area contributed by atoms with E-state index in [9.17, 15) is 9.90 Å². The molecule has 6 rings (SSSR count). The van der Waals surface area contributed by atoms with Gasteiger partial charge >= 0.3 is 0 Å². The second kappa shape index (κ2) is 8.74. The summed E-state index contributed by atoms with van der Waals surface area (Å²) in [6.45, 7) is 6.72. The van der Waals surface area contributed by atoms with Crippen LogP contribution in [0.2, 0.25) is 0 Å². The van der Waals surface area contributed by atoms with E-state index in [0.717, 1.165) is 60.9 Å². The molecule has 2 fully saturated rings. The van der Waals surface area contributed by atoms with E-state index in [1.54, 1.807) is 4.68 Å². The lowest BCUT2D eigenvalue weighted by Gasteiger charge is -2.33. The molecule has 1 atom stereocenters. The number of carbonyl (C=O) groups is 1. The molecule has 1 saturated carbocycles. The normalized spacial score (nSPS) is 18.5. The Morgan fingerprint density at radius 1 is 1.22 bits per heavy atom. The average Bonchev–Trinajstić information content (AvgIpc) is 3.23. The van der Waals surface area contributed by atoms with Crippen LogP contribution < -0.4 is 15.5 Å². The zero-order chi connectivity index (χ0) is 25.0. The van der Waals surface area contributed by atoms with Gasteiger partial charge < -0.3 is 20.6 Å². The Balaban J connectivity index is 1.50. The van der Waals surface area contributed by atoms with Crippen molar-refractivity contribution in [1.82, 2.24) is 30.4 Å². The smallest absolute Gasteiger partial charge is 0.270 e. The number of nitrogens with one attached hydrogen (secondary N) is 2. The van der Waals surface area contributed by atoms with Crippen molar-refractivity contribution in [3.63, 3.8) is 0 Å². The molecular formula is C27H31N7O2. The van der Waals surface area contributed by atoms with Crippen LogP contribution in [-0.4, -0.2) is 62.5 Å². The van der Waals surface area contributed by atoms with Gasteiger partial charge in [-0.15, -0.1) is 0 Å². The third kappa shape index (κ3) is 3.93. The zero-order valence-electron chi connectivity index (χ0n) is 20.9. The SMILES string of the molecule is Cc1c(O)c(-c2nc(C(=O)NC3CCC3)c3cc(N4CCNC(C)C4)ccc3n2)cc2cn(C)nc12. The minimum Gasteiger partial charge on any atom is -0.507 e. The predicted octanol–water partition coefficient (Wildman–Crippen LogP) is 3.28. The first-order chi connectivity index (χ1) is 17.4. The molecule has 9 heteroatoms. The van der Waals surface area contributed by atoms with Gasteiger partial charge in [-0.2, -0.15) is 5.10 Å². The van der Waals surface area contributed by atoms with Gasteiger partial charge in [0.1, 0.15) is 11.4 Å². The van der Waals surface area contributed by atoms with Crippen LogP contribution in [0.1, 0.15) is 42.2 Å². The van der Waals surface area contributed by atoms with E-state index in [-0.39, 0.29) is 17.7 Å². The van der Waals surface area contributed by atoms with Crippen molar-refractivity contribution in [2.75, 3.05) is 24.5 Å². The summed E-state index contributed by atoms with van der Waals surface area (Å²) in [5.74, 6) is 0.214. The molecule has 1 amide bonds. The summed E-state index contributed by atoms with van der Waals surface area (Å²) in [7, 11) is 1.85. The van der Waals surface area contributed by atoms with Crippen LogP contribution in [0, 0.1) is 6.92 Å². The van der Waals surface area contributed by atoms with Crippen LogP contribution in [0.25, 0.3) is 33.2 Å². The fourth-order valence-corrected chi connectivity index (χ4v) is 5.19. The fraction of sp³-hybridized carbons (Fsp3) is 0.407. The first-order valence-electron chi connectivity index (χ1n) is 12.6. The number of hydrogen-bond donors (Lipinski definition) is 3. The van der Waals surface area contributed by atoms with E-state index in [1.165, 1.54) is 0 Å². The Labute approximate surface area is 209 Å². The summed E-state index contributed by atoms with van der Waals surface area (Å²) in [5, 5.41) is 23.7. The maximum absolute atomic E-state index is 13.5. The second-order valence-electron chi connectivity index (χ2n) is 10.1. The molecule has 2 aromatic heterocycles. The second-order valence-corrected chi connectivity index (χ2v) is 10.1. The van der Waals surface area contributed by atoms with Crippen LogP contribution in [-0.2, 0) is 7.05 Å². The van der Waals surface area contributed by atoms with Gasteiger partial charge in [0.25, 0.3) is 5.91 Å². The summed E-state index contributed by atoms with van der Waals surface area (Å²) in [6.07, 6.45) is 5.01. The van der Waals surface area contributed by atoms with Gasteiger partial charge in [0.15, 0.2) is 5.82 Å². The van der Waals surface area contributed by atoms with Crippen LogP contribution in [0.4, 0.5) is 5.69 Å². The molecule has 186 valence electrons. The molecule has 2 aromatic carbocycles. The number of aryl methyl sites for hydroxylation is 2. The third-order valence-corrected chi connectivity index (χ3v) is 7.43. The molecule has 3 heterocycles. The topological polar surface area (TPSA) is 108 Å². The number of fused-ring (bicyclic) bond motifs is 2. The Morgan fingerprint density at radius 3 is 2.81 bits per heavy atom. The van der Waals surface area contributed by atoms with Crippen LogP contribution in [0.15, 0.2) is 30.5 Å². The molecule has 0 radical (unpaired) electrons. The lowest BCUT2D eigenvalue weighted by atomic mass is 9.93. The highest BCUT2D eigenvalue weighted by Crippen LogP contribution is 2.36. The van der Waals surface area contributed by atoms with Crippen molar-refractivity contribution in [3.8, 4) is 17.1 Å². The van der Waals surface area contributed by atoms with Gasteiger partial charge in [-0.1, -0.05) is 0 Å². The quantitative estimate of drug-likeness (QED) is 0.407. The number of piperazine rings is 1. The standard InChI is InChI=1S/C27H31N7O2/c1-15-13-34(10-9-28-15)19-7-8-22-20(12-19)24(27(36)29-18-5-4-6-18)31-26(30-22)21-11-17-14-33(3)32-23(17)16(2)25(21)35/h7-8,11-12,14-15,18,28,35H,4-6,9-10,13H2,1-3H3,(H,29,36). The molecule has 1 aliphatic heterocycles. The number of benzene rings is 2. The molecule has 1 unspecified atom stereocenters. The number of phenolic OH excluding ortho intramolecular Hbond substituents is 1. The number of phenols is 1. The molecular weight excluding hydrogens is 454 g/mol. The predicted molar refractivity (Wildman–Crippen MR) is 140 cm³/mol. The summed E-state index contributed by atoms with van der Waals surface area (Å²) in [4.78, 5) is 25.3. The maximum Gasteiger partial charge on any atom is 0.270 e. The monoisotopic (exact) mass is 485 g/mol. The first-order valence-corrected chi connectivity index (χ1v) is 12.6. The largest absolute Gasteiger partial charge is 0.507 e. The van der Waals surface area contributed by atoms with E-state index < -0.39 is 0 Å². The summed E-state index contributed by atoms with van der Waals surface area (Å²) < 4.78 is 1.72. The lowest BCUT2D eigenvalue weighted by molar-refractivity contribution is 0.0913. The van der Waals surface area contributed by atoms with Crippen LogP contribution in [0.3, 0.4) is 0 Å². The van der Waals surface area contributed by atoms with Gasteiger partial charge in [0, 0.05) is 67.0 Å². The summed E-state index contributed by atoms with van der Waals surface area (Å²) in [5.41, 5.74) is 3.96. The molecule has 0 bridgehead atoms. The number of nitrogens with zero attached hydrogens (tertiary/aromatic N) is 5. The van der Waals surface area contributed by atoms with E-state index in [2.05, 4.69) is 33.6 Å². The molecule has 36 heavy (non-hydrogen) atoms. The summed E-state index contributed by atoms with van der Waals surface area (Å²) >= 11 is 0. The van der Waals surface area contributed by atoms with Gasteiger partial charge in [-0.25, -0.2) is 9.97 Å². The highest BCUT2D eigenvalue weighted by molar-refractivity contribution is 6.06. The Kier molecular flexibility index (Phi) is 5.52.